The van der Waals surface area contributed by atoms with Crippen LogP contribution in [-0.4, -0.2) is 52.0 Å². The maximum Gasteiger partial charge on any atom is 0.255 e. The number of benzene rings is 2. The number of carbonyl (C=O) groups excluding carboxylic acids is 1. The Balaban J connectivity index is 1.85. The molecule has 7 nitrogen and oxygen atoms in total. The second-order valence-electron chi connectivity index (χ2n) is 7.36. The quantitative estimate of drug-likeness (QED) is 0.592. The highest BCUT2D eigenvalue weighted by molar-refractivity contribution is 7.89. The summed E-state index contributed by atoms with van der Waals surface area (Å²) in [7, 11) is -2.10. The van der Waals surface area contributed by atoms with Gasteiger partial charge in [0.25, 0.3) is 5.91 Å². The lowest BCUT2D eigenvalue weighted by Crippen LogP contribution is -2.36. The lowest BCUT2D eigenvalue weighted by Gasteiger charge is -2.26. The number of amides is 1. The minimum absolute atomic E-state index is 0.157. The van der Waals surface area contributed by atoms with E-state index in [9.17, 15) is 13.2 Å². The largest absolute Gasteiger partial charge is 0.487 e. The average Bonchev–Trinajstić information content (AvgIpc) is 2.76. The normalized spacial score (nSPS) is 14.9. The molecule has 0 unspecified atom stereocenters. The molecule has 3 rings (SSSR count). The van der Waals surface area contributed by atoms with Crippen molar-refractivity contribution in [2.24, 2.45) is 0 Å². The zero-order chi connectivity index (χ0) is 22.4. The molecule has 1 aliphatic rings. The summed E-state index contributed by atoms with van der Waals surface area (Å²) in [6, 6.07) is 9.72. The van der Waals surface area contributed by atoms with E-state index in [0.717, 1.165) is 19.3 Å². The summed E-state index contributed by atoms with van der Waals surface area (Å²) < 4.78 is 38.4. The van der Waals surface area contributed by atoms with Gasteiger partial charge in [0.05, 0.1) is 22.2 Å². The molecule has 0 aliphatic carbocycles. The van der Waals surface area contributed by atoms with Crippen LogP contribution in [0.4, 0.5) is 5.69 Å². The lowest BCUT2D eigenvalue weighted by atomic mass is 10.1. The topological polar surface area (TPSA) is 84.9 Å². The second kappa shape index (κ2) is 10.5. The van der Waals surface area contributed by atoms with Gasteiger partial charge in [-0.15, -0.1) is 0 Å². The number of sulfonamides is 1. The van der Waals surface area contributed by atoms with E-state index in [1.165, 1.54) is 10.4 Å². The summed E-state index contributed by atoms with van der Waals surface area (Å²) in [4.78, 5) is 13.1. The van der Waals surface area contributed by atoms with E-state index >= 15 is 0 Å². The SMILES string of the molecule is COCCOc1c(Cl)cccc1NC(=O)c1ccc(C)c(S(=O)(=O)N2CCCCC2)c1. The summed E-state index contributed by atoms with van der Waals surface area (Å²) in [5.74, 6) is -0.114. The molecule has 168 valence electrons. The summed E-state index contributed by atoms with van der Waals surface area (Å²) in [5, 5.41) is 3.13. The van der Waals surface area contributed by atoms with Crippen molar-refractivity contribution in [1.82, 2.24) is 4.31 Å². The number of hydrogen-bond donors (Lipinski definition) is 1. The molecule has 0 saturated carbocycles. The number of ether oxygens (including phenoxy) is 2. The molecule has 1 amide bonds. The number of piperidine rings is 1. The highest BCUT2D eigenvalue weighted by Gasteiger charge is 2.28. The molecule has 9 heteroatoms. The van der Waals surface area contributed by atoms with Crippen LogP contribution in [0.2, 0.25) is 5.02 Å². The number of nitrogens with one attached hydrogen (secondary N) is 1. The first-order valence-corrected chi connectivity index (χ1v) is 12.0. The molecule has 0 atom stereocenters. The Kier molecular flexibility index (Phi) is 7.94. The maximum atomic E-state index is 13.1. The van der Waals surface area contributed by atoms with Crippen molar-refractivity contribution in [1.29, 1.82) is 0 Å². The van der Waals surface area contributed by atoms with E-state index in [2.05, 4.69) is 5.32 Å². The van der Waals surface area contributed by atoms with E-state index in [-0.39, 0.29) is 17.1 Å². The molecule has 1 fully saturated rings. The van der Waals surface area contributed by atoms with E-state index < -0.39 is 15.9 Å². The van der Waals surface area contributed by atoms with Gasteiger partial charge in [0, 0.05) is 25.8 Å². The highest BCUT2D eigenvalue weighted by Crippen LogP contribution is 2.33. The first-order valence-electron chi connectivity index (χ1n) is 10.2. The van der Waals surface area contributed by atoms with E-state index in [1.807, 2.05) is 0 Å². The number of aryl methyl sites for hydroxylation is 1. The summed E-state index contributed by atoms with van der Waals surface area (Å²) in [6.45, 7) is 3.38. The van der Waals surface area contributed by atoms with Gasteiger partial charge in [-0.2, -0.15) is 4.31 Å². The number of anilines is 1. The molecule has 1 saturated heterocycles. The van der Waals surface area contributed by atoms with Gasteiger partial charge in [0.1, 0.15) is 6.61 Å². The summed E-state index contributed by atoms with van der Waals surface area (Å²) >= 11 is 6.23. The van der Waals surface area contributed by atoms with Crippen molar-refractivity contribution in [3.8, 4) is 5.75 Å². The second-order valence-corrected chi connectivity index (χ2v) is 9.67. The highest BCUT2D eigenvalue weighted by atomic mass is 35.5. The van der Waals surface area contributed by atoms with Gasteiger partial charge in [-0.25, -0.2) is 8.42 Å². The first-order chi connectivity index (χ1) is 14.8. The molecule has 2 aromatic rings. The number of hydrogen-bond acceptors (Lipinski definition) is 5. The Morgan fingerprint density at radius 1 is 1.13 bits per heavy atom. The van der Waals surface area contributed by atoms with Crippen LogP contribution in [0.1, 0.15) is 35.2 Å². The van der Waals surface area contributed by atoms with Gasteiger partial charge in [0.2, 0.25) is 10.0 Å². The molecule has 0 radical (unpaired) electrons. The van der Waals surface area contributed by atoms with Crippen molar-refractivity contribution in [2.75, 3.05) is 38.7 Å². The van der Waals surface area contributed by atoms with E-state index in [1.54, 1.807) is 44.4 Å². The molecule has 2 aromatic carbocycles. The zero-order valence-electron chi connectivity index (χ0n) is 17.7. The Morgan fingerprint density at radius 3 is 2.58 bits per heavy atom. The molecule has 1 aliphatic heterocycles. The smallest absolute Gasteiger partial charge is 0.255 e. The molecule has 31 heavy (non-hydrogen) atoms. The van der Waals surface area contributed by atoms with E-state index in [4.69, 9.17) is 21.1 Å². The molecule has 0 spiro atoms. The maximum absolute atomic E-state index is 13.1. The third-order valence-electron chi connectivity index (χ3n) is 5.13. The predicted molar refractivity (Wildman–Crippen MR) is 121 cm³/mol. The fourth-order valence-corrected chi connectivity index (χ4v) is 5.44. The molecule has 0 aromatic heterocycles. The van der Waals surface area contributed by atoms with Gasteiger partial charge in [-0.1, -0.05) is 30.2 Å². The Morgan fingerprint density at radius 2 is 1.87 bits per heavy atom. The minimum Gasteiger partial charge on any atom is -0.487 e. The van der Waals surface area contributed by atoms with Crippen molar-refractivity contribution >= 4 is 33.2 Å². The molecule has 0 bridgehead atoms. The van der Waals surface area contributed by atoms with Crippen molar-refractivity contribution in [3.63, 3.8) is 0 Å². The number of rotatable bonds is 8. The summed E-state index contributed by atoms with van der Waals surface area (Å²) in [6.07, 6.45) is 2.72. The van der Waals surface area contributed by atoms with Crippen LogP contribution in [0, 0.1) is 6.92 Å². The zero-order valence-corrected chi connectivity index (χ0v) is 19.3. The fourth-order valence-electron chi connectivity index (χ4n) is 3.44. The molecule has 1 N–H and O–H groups in total. The minimum atomic E-state index is -3.66. The van der Waals surface area contributed by atoms with Gasteiger partial charge in [0.15, 0.2) is 5.75 Å². The van der Waals surface area contributed by atoms with Gasteiger partial charge < -0.3 is 14.8 Å². The van der Waals surface area contributed by atoms with Gasteiger partial charge in [-0.05, 0) is 49.6 Å². The Hall–Kier alpha value is -2.13. The monoisotopic (exact) mass is 466 g/mol. The van der Waals surface area contributed by atoms with Crippen LogP contribution in [0.25, 0.3) is 0 Å². The van der Waals surface area contributed by atoms with Crippen LogP contribution in [0.3, 0.4) is 0 Å². The Labute approximate surface area is 188 Å². The van der Waals surface area contributed by atoms with Crippen LogP contribution in [-0.2, 0) is 14.8 Å². The third kappa shape index (κ3) is 5.57. The summed E-state index contributed by atoms with van der Waals surface area (Å²) in [5.41, 5.74) is 1.24. The van der Waals surface area contributed by atoms with Crippen LogP contribution in [0.5, 0.6) is 5.75 Å². The predicted octanol–water partition coefficient (Wildman–Crippen LogP) is 4.10. The van der Waals surface area contributed by atoms with Crippen LogP contribution in [0.15, 0.2) is 41.3 Å². The van der Waals surface area contributed by atoms with E-state index in [0.29, 0.717) is 41.7 Å². The molecule has 1 heterocycles. The first kappa shape index (κ1) is 23.5. The fraction of sp³-hybridized carbons (Fsp3) is 0.409. The van der Waals surface area contributed by atoms with Gasteiger partial charge >= 0.3 is 0 Å². The van der Waals surface area contributed by atoms with Crippen molar-refractivity contribution < 1.29 is 22.7 Å². The number of halogens is 1. The Bertz CT molecular complexity index is 1040. The lowest BCUT2D eigenvalue weighted by molar-refractivity contribution is 0.102. The van der Waals surface area contributed by atoms with Gasteiger partial charge in [-0.3, -0.25) is 4.79 Å². The average molecular weight is 467 g/mol. The number of methoxy groups -OCH3 is 1. The standard InChI is InChI=1S/C22H27ClN2O5S/c1-16-9-10-17(15-20(16)31(27,28)25-11-4-3-5-12-25)22(26)24-19-8-6-7-18(23)21(19)30-14-13-29-2/h6-10,15H,3-5,11-14H2,1-2H3,(H,24,26). The van der Waals surface area contributed by atoms with Crippen LogP contribution < -0.4 is 10.1 Å². The molecular formula is C22H27ClN2O5S. The number of nitrogens with zero attached hydrogens (tertiary/aromatic N) is 1. The number of para-hydroxylation sites is 1. The van der Waals surface area contributed by atoms with Crippen molar-refractivity contribution in [3.05, 3.63) is 52.5 Å². The molecular weight excluding hydrogens is 440 g/mol. The number of carbonyl (C=O) groups is 1. The van der Waals surface area contributed by atoms with Crippen molar-refractivity contribution in [2.45, 2.75) is 31.1 Å². The third-order valence-corrected chi connectivity index (χ3v) is 7.47. The van der Waals surface area contributed by atoms with Crippen LogP contribution >= 0.6 is 11.6 Å².